The lowest BCUT2D eigenvalue weighted by atomic mass is 10.0. The maximum absolute atomic E-state index is 13.2. The molecule has 8 heteroatoms. The lowest BCUT2D eigenvalue weighted by molar-refractivity contribution is 0.477. The summed E-state index contributed by atoms with van der Waals surface area (Å²) in [5, 5.41) is 6.21. The van der Waals surface area contributed by atoms with Crippen LogP contribution < -0.4 is 15.5 Å². The molecule has 0 amide bonds. The molecule has 0 spiro atoms. The van der Waals surface area contributed by atoms with E-state index in [0.717, 1.165) is 19.4 Å². The number of anilines is 5. The summed E-state index contributed by atoms with van der Waals surface area (Å²) in [4.78, 5) is 15.8. The van der Waals surface area contributed by atoms with Gasteiger partial charge >= 0.3 is 0 Å². The predicted octanol–water partition coefficient (Wildman–Crippen LogP) is 5.02. The monoisotopic (exact) mass is 396 g/mol. The summed E-state index contributed by atoms with van der Waals surface area (Å²) in [5.41, 5.74) is 1.34. The lowest BCUT2D eigenvalue weighted by Gasteiger charge is -2.33. The summed E-state index contributed by atoms with van der Waals surface area (Å²) < 4.78 is 26.4. The Labute approximate surface area is 168 Å². The molecule has 2 aromatic carbocycles. The van der Waals surface area contributed by atoms with Crippen LogP contribution >= 0.6 is 0 Å². The number of benzene rings is 2. The molecule has 29 heavy (non-hydrogen) atoms. The highest BCUT2D eigenvalue weighted by molar-refractivity contribution is 5.59. The van der Waals surface area contributed by atoms with Gasteiger partial charge in [-0.15, -0.1) is 0 Å². The van der Waals surface area contributed by atoms with Gasteiger partial charge in [-0.3, -0.25) is 0 Å². The molecule has 3 aromatic rings. The van der Waals surface area contributed by atoms with Gasteiger partial charge in [-0.2, -0.15) is 15.0 Å². The Hall–Kier alpha value is -3.29. The molecule has 0 saturated carbocycles. The highest BCUT2D eigenvalue weighted by Crippen LogP contribution is 2.25. The number of aromatic nitrogens is 3. The van der Waals surface area contributed by atoms with Gasteiger partial charge in [0.1, 0.15) is 11.6 Å². The van der Waals surface area contributed by atoms with Crippen LogP contribution in [0.4, 0.5) is 38.0 Å². The van der Waals surface area contributed by atoms with Crippen LogP contribution in [0.2, 0.25) is 0 Å². The lowest BCUT2D eigenvalue weighted by Crippen LogP contribution is -2.38. The topological polar surface area (TPSA) is 66.0 Å². The van der Waals surface area contributed by atoms with Crippen LogP contribution in [-0.2, 0) is 0 Å². The molecule has 0 aliphatic carbocycles. The van der Waals surface area contributed by atoms with E-state index in [2.05, 4.69) is 37.4 Å². The fourth-order valence-corrected chi connectivity index (χ4v) is 3.32. The van der Waals surface area contributed by atoms with Gasteiger partial charge in [0.05, 0.1) is 0 Å². The van der Waals surface area contributed by atoms with Gasteiger partial charge in [0, 0.05) is 24.0 Å². The largest absolute Gasteiger partial charge is 0.338 e. The Balaban J connectivity index is 1.66. The summed E-state index contributed by atoms with van der Waals surface area (Å²) in [6, 6.07) is 12.3. The van der Waals surface area contributed by atoms with Crippen molar-refractivity contribution in [3.05, 3.63) is 60.2 Å². The summed E-state index contributed by atoms with van der Waals surface area (Å²) in [6.07, 6.45) is 3.34. The summed E-state index contributed by atoms with van der Waals surface area (Å²) in [7, 11) is 0. The molecule has 1 saturated heterocycles. The fraction of sp³-hybridized carbons (Fsp3) is 0.286. The molecular weight excluding hydrogens is 374 g/mol. The number of hydrogen-bond donors (Lipinski definition) is 2. The van der Waals surface area contributed by atoms with E-state index in [1.807, 2.05) is 0 Å². The Morgan fingerprint density at radius 2 is 1.31 bits per heavy atom. The number of hydrogen-bond acceptors (Lipinski definition) is 6. The molecule has 2 N–H and O–H groups in total. The first-order chi connectivity index (χ1) is 14.1. The molecule has 0 bridgehead atoms. The smallest absolute Gasteiger partial charge is 0.233 e. The Morgan fingerprint density at radius 3 is 1.79 bits per heavy atom. The minimum atomic E-state index is -0.312. The molecule has 150 valence electrons. The Kier molecular flexibility index (Phi) is 5.50. The number of halogens is 2. The van der Waals surface area contributed by atoms with E-state index < -0.39 is 0 Å². The minimum absolute atomic E-state index is 0.312. The molecular formula is C21H22F2N6. The van der Waals surface area contributed by atoms with Gasteiger partial charge in [-0.1, -0.05) is 0 Å². The van der Waals surface area contributed by atoms with Crippen LogP contribution in [0, 0.1) is 11.6 Å². The normalized spacial score (nSPS) is 16.5. The third kappa shape index (κ3) is 4.77. The van der Waals surface area contributed by atoms with Crippen LogP contribution in [0.25, 0.3) is 0 Å². The van der Waals surface area contributed by atoms with Crippen molar-refractivity contribution in [2.24, 2.45) is 0 Å². The summed E-state index contributed by atoms with van der Waals surface area (Å²) in [5.74, 6) is 0.648. The highest BCUT2D eigenvalue weighted by Gasteiger charge is 2.22. The van der Waals surface area contributed by atoms with Gasteiger partial charge in [-0.25, -0.2) is 8.78 Å². The van der Waals surface area contributed by atoms with E-state index in [1.165, 1.54) is 30.7 Å². The molecule has 4 rings (SSSR count). The first-order valence-electron chi connectivity index (χ1n) is 9.65. The molecule has 2 heterocycles. The maximum atomic E-state index is 13.2. The van der Waals surface area contributed by atoms with Crippen LogP contribution in [0.15, 0.2) is 48.5 Å². The summed E-state index contributed by atoms with van der Waals surface area (Å²) in [6.45, 7) is 3.03. The molecule has 0 radical (unpaired) electrons. The van der Waals surface area contributed by atoms with Crippen molar-refractivity contribution < 1.29 is 8.78 Å². The van der Waals surface area contributed by atoms with Crippen molar-refractivity contribution in [1.82, 2.24) is 15.0 Å². The highest BCUT2D eigenvalue weighted by atomic mass is 19.1. The van der Waals surface area contributed by atoms with E-state index in [1.54, 1.807) is 24.3 Å². The van der Waals surface area contributed by atoms with Gasteiger partial charge in [0.25, 0.3) is 0 Å². The average molecular weight is 396 g/mol. The van der Waals surface area contributed by atoms with Gasteiger partial charge in [-0.05, 0) is 74.7 Å². The fourth-order valence-electron chi connectivity index (χ4n) is 3.32. The Bertz CT molecular complexity index is 896. The zero-order chi connectivity index (χ0) is 20.2. The second kappa shape index (κ2) is 8.38. The first-order valence-corrected chi connectivity index (χ1v) is 9.65. The number of rotatable bonds is 5. The average Bonchev–Trinajstić information content (AvgIpc) is 2.72. The zero-order valence-electron chi connectivity index (χ0n) is 16.1. The maximum Gasteiger partial charge on any atom is 0.233 e. The van der Waals surface area contributed by atoms with Crippen molar-refractivity contribution in [3.8, 4) is 0 Å². The number of piperidine rings is 1. The number of nitrogens with zero attached hydrogens (tertiary/aromatic N) is 4. The zero-order valence-corrected chi connectivity index (χ0v) is 16.1. The molecule has 1 aromatic heterocycles. The van der Waals surface area contributed by atoms with Gasteiger partial charge in [0.15, 0.2) is 0 Å². The van der Waals surface area contributed by atoms with E-state index in [9.17, 15) is 8.78 Å². The molecule has 1 aliphatic rings. The van der Waals surface area contributed by atoms with Crippen LogP contribution in [0.1, 0.15) is 26.2 Å². The van der Waals surface area contributed by atoms with Crippen molar-refractivity contribution in [2.75, 3.05) is 22.1 Å². The first kappa shape index (κ1) is 19.0. The van der Waals surface area contributed by atoms with Crippen molar-refractivity contribution >= 4 is 29.2 Å². The number of nitrogens with one attached hydrogen (secondary N) is 2. The van der Waals surface area contributed by atoms with Crippen molar-refractivity contribution in [1.29, 1.82) is 0 Å². The molecule has 1 atom stereocenters. The summed E-state index contributed by atoms with van der Waals surface area (Å²) >= 11 is 0. The Morgan fingerprint density at radius 1 is 0.793 bits per heavy atom. The molecule has 0 unspecified atom stereocenters. The van der Waals surface area contributed by atoms with Crippen molar-refractivity contribution in [2.45, 2.75) is 32.2 Å². The standard InChI is InChI=1S/C21H22F2N6/c1-14-4-2-3-13-29(14)21-27-19(24-17-9-5-15(22)6-10-17)26-20(28-21)25-18-11-7-16(23)8-12-18/h5-12,14H,2-4,13H2,1H3,(H2,24,25,26,27,28)/t14-/m0/s1. The quantitative estimate of drug-likeness (QED) is 0.632. The van der Waals surface area contributed by atoms with E-state index in [0.29, 0.717) is 35.3 Å². The molecule has 6 nitrogen and oxygen atoms in total. The van der Waals surface area contributed by atoms with Crippen molar-refractivity contribution in [3.63, 3.8) is 0 Å². The predicted molar refractivity (Wildman–Crippen MR) is 110 cm³/mol. The second-order valence-corrected chi connectivity index (χ2v) is 7.08. The van der Waals surface area contributed by atoms with Crippen LogP contribution in [0.3, 0.4) is 0 Å². The van der Waals surface area contributed by atoms with Crippen LogP contribution in [0.5, 0.6) is 0 Å². The SMILES string of the molecule is C[C@H]1CCCCN1c1nc(Nc2ccc(F)cc2)nc(Nc2ccc(F)cc2)n1. The van der Waals surface area contributed by atoms with Gasteiger partial charge < -0.3 is 15.5 Å². The molecule has 1 fully saturated rings. The second-order valence-electron chi connectivity index (χ2n) is 7.08. The minimum Gasteiger partial charge on any atom is -0.338 e. The van der Waals surface area contributed by atoms with E-state index >= 15 is 0 Å². The van der Waals surface area contributed by atoms with E-state index in [4.69, 9.17) is 0 Å². The third-order valence-corrected chi connectivity index (χ3v) is 4.88. The van der Waals surface area contributed by atoms with Crippen LogP contribution in [-0.4, -0.2) is 27.5 Å². The molecule has 1 aliphatic heterocycles. The van der Waals surface area contributed by atoms with E-state index in [-0.39, 0.29) is 11.6 Å². The third-order valence-electron chi connectivity index (χ3n) is 4.88. The van der Waals surface area contributed by atoms with Gasteiger partial charge in [0.2, 0.25) is 17.8 Å².